The second-order valence-corrected chi connectivity index (χ2v) is 8.30. The zero-order valence-corrected chi connectivity index (χ0v) is 22.4. The number of aryl methyl sites for hydroxylation is 2. The molecule has 1 saturated heterocycles. The molecule has 2 aromatic rings. The second kappa shape index (κ2) is 13.8. The van der Waals surface area contributed by atoms with E-state index in [9.17, 15) is 0 Å². The summed E-state index contributed by atoms with van der Waals surface area (Å²) < 4.78 is 2.02. The zero-order chi connectivity index (χ0) is 22.1. The molecule has 32 heavy (non-hydrogen) atoms. The van der Waals surface area contributed by atoms with Crippen LogP contribution in [0.15, 0.2) is 35.3 Å². The Kier molecular flexibility index (Phi) is 11.5. The molecule has 1 aromatic carbocycles. The third kappa shape index (κ3) is 7.74. The molecule has 1 fully saturated rings. The third-order valence-corrected chi connectivity index (χ3v) is 6.00. The molecule has 1 aromatic heterocycles. The van der Waals surface area contributed by atoms with E-state index < -0.39 is 0 Å². The molecule has 0 atom stereocenters. The summed E-state index contributed by atoms with van der Waals surface area (Å²) in [6.45, 7) is 15.2. The van der Waals surface area contributed by atoms with Crippen LogP contribution in [0.4, 0.5) is 0 Å². The highest BCUT2D eigenvalue weighted by Crippen LogP contribution is 2.16. The number of hydrogen-bond donors (Lipinski definition) is 2. The van der Waals surface area contributed by atoms with Crippen LogP contribution in [0.25, 0.3) is 5.69 Å². The van der Waals surface area contributed by atoms with Crippen LogP contribution in [-0.4, -0.2) is 78.4 Å². The number of aromatic nitrogens is 2. The van der Waals surface area contributed by atoms with Crippen molar-refractivity contribution in [3.8, 4) is 5.69 Å². The van der Waals surface area contributed by atoms with Gasteiger partial charge in [-0.05, 0) is 57.5 Å². The van der Waals surface area contributed by atoms with E-state index in [1.807, 2.05) is 18.7 Å². The van der Waals surface area contributed by atoms with Crippen molar-refractivity contribution < 1.29 is 0 Å². The Morgan fingerprint density at radius 1 is 1.03 bits per heavy atom. The molecule has 0 unspecified atom stereocenters. The summed E-state index contributed by atoms with van der Waals surface area (Å²) in [5.41, 5.74) is 4.48. The highest BCUT2D eigenvalue weighted by molar-refractivity contribution is 14.0. The lowest BCUT2D eigenvalue weighted by atomic mass is 10.1. The number of rotatable bonds is 9. The van der Waals surface area contributed by atoms with Crippen molar-refractivity contribution in [2.45, 2.75) is 40.2 Å². The van der Waals surface area contributed by atoms with Crippen LogP contribution < -0.4 is 10.6 Å². The summed E-state index contributed by atoms with van der Waals surface area (Å²) in [7, 11) is 1.83. The predicted octanol–water partition coefficient (Wildman–Crippen LogP) is 3.19. The van der Waals surface area contributed by atoms with Gasteiger partial charge in [0.05, 0.1) is 11.4 Å². The van der Waals surface area contributed by atoms with E-state index in [4.69, 9.17) is 0 Å². The predicted molar refractivity (Wildman–Crippen MR) is 144 cm³/mol. The molecule has 1 aliphatic rings. The fourth-order valence-corrected chi connectivity index (χ4v) is 4.14. The lowest BCUT2D eigenvalue weighted by Crippen LogP contribution is -2.46. The van der Waals surface area contributed by atoms with Gasteiger partial charge in [-0.1, -0.05) is 25.1 Å². The molecule has 1 aliphatic heterocycles. The van der Waals surface area contributed by atoms with E-state index in [-0.39, 0.29) is 24.0 Å². The Balaban J connectivity index is 0.00000363. The fourth-order valence-electron chi connectivity index (χ4n) is 4.14. The minimum absolute atomic E-state index is 0. The highest BCUT2D eigenvalue weighted by Gasteiger charge is 2.14. The quantitative estimate of drug-likeness (QED) is 0.216. The fraction of sp³-hybridized carbons (Fsp3) is 0.583. The molecule has 0 bridgehead atoms. The van der Waals surface area contributed by atoms with Crippen LogP contribution in [0.5, 0.6) is 0 Å². The maximum absolute atomic E-state index is 4.64. The molecule has 0 saturated carbocycles. The number of unbranched alkanes of at least 4 members (excludes halogenated alkanes) is 1. The van der Waals surface area contributed by atoms with Crippen LogP contribution >= 0.6 is 24.0 Å². The average Bonchev–Trinajstić information content (AvgIpc) is 3.13. The summed E-state index contributed by atoms with van der Waals surface area (Å²) in [6.07, 6.45) is 2.37. The number of piperazine rings is 1. The molecule has 7 nitrogen and oxygen atoms in total. The molecule has 0 radical (unpaired) electrons. The molecule has 3 rings (SSSR count). The first-order valence-corrected chi connectivity index (χ1v) is 11.6. The number of benzene rings is 1. The Labute approximate surface area is 210 Å². The summed E-state index contributed by atoms with van der Waals surface area (Å²) in [5.74, 6) is 0.847. The summed E-state index contributed by atoms with van der Waals surface area (Å²) >= 11 is 0. The lowest BCUT2D eigenvalue weighted by molar-refractivity contribution is 0.136. The van der Waals surface area contributed by atoms with E-state index in [1.165, 1.54) is 51.3 Å². The first-order valence-electron chi connectivity index (χ1n) is 11.6. The van der Waals surface area contributed by atoms with Crippen molar-refractivity contribution in [3.63, 3.8) is 0 Å². The third-order valence-electron chi connectivity index (χ3n) is 6.00. The molecule has 8 heteroatoms. The number of para-hydroxylation sites is 1. The normalized spacial score (nSPS) is 15.4. The largest absolute Gasteiger partial charge is 0.356 e. The Hall–Kier alpha value is -1.65. The van der Waals surface area contributed by atoms with Crippen molar-refractivity contribution in [2.24, 2.45) is 4.99 Å². The Bertz CT molecular complexity index is 841. The maximum atomic E-state index is 4.64. The number of halogens is 1. The van der Waals surface area contributed by atoms with Gasteiger partial charge in [0.1, 0.15) is 0 Å². The van der Waals surface area contributed by atoms with E-state index >= 15 is 0 Å². The number of guanidine groups is 1. The van der Waals surface area contributed by atoms with Crippen LogP contribution in [0.2, 0.25) is 0 Å². The van der Waals surface area contributed by atoms with Crippen LogP contribution in [0.1, 0.15) is 36.7 Å². The molecular formula is C24H40IN7. The minimum Gasteiger partial charge on any atom is -0.356 e. The Morgan fingerprint density at radius 2 is 1.75 bits per heavy atom. The van der Waals surface area contributed by atoms with Gasteiger partial charge in [0.25, 0.3) is 0 Å². The zero-order valence-electron chi connectivity index (χ0n) is 20.1. The van der Waals surface area contributed by atoms with Gasteiger partial charge in [-0.2, -0.15) is 5.10 Å². The minimum atomic E-state index is 0. The van der Waals surface area contributed by atoms with Crippen LogP contribution in [0, 0.1) is 13.8 Å². The van der Waals surface area contributed by atoms with Crippen molar-refractivity contribution in [1.82, 2.24) is 30.2 Å². The van der Waals surface area contributed by atoms with Crippen LogP contribution in [-0.2, 0) is 6.54 Å². The summed E-state index contributed by atoms with van der Waals surface area (Å²) in [6, 6.07) is 10.5. The number of hydrogen-bond acceptors (Lipinski definition) is 4. The SMILES string of the molecule is CCN1CCN(CCCCNC(=NC)NCc2ccccc2-n2nc(C)cc2C)CC1.I. The molecule has 2 N–H and O–H groups in total. The highest BCUT2D eigenvalue weighted by atomic mass is 127. The number of nitrogens with one attached hydrogen (secondary N) is 2. The molecular weight excluding hydrogens is 513 g/mol. The first kappa shape index (κ1) is 26.6. The first-order chi connectivity index (χ1) is 15.1. The molecule has 0 aliphatic carbocycles. The van der Waals surface area contributed by atoms with E-state index in [1.54, 1.807) is 0 Å². The molecule has 2 heterocycles. The van der Waals surface area contributed by atoms with E-state index in [2.05, 4.69) is 74.7 Å². The standard InChI is InChI=1S/C24H39N7.HI/c1-5-29-14-16-30(17-15-29)13-9-8-12-26-24(25-4)27-19-22-10-6-7-11-23(22)31-21(3)18-20(2)28-31;/h6-7,10-11,18H,5,8-9,12-17,19H2,1-4H3,(H2,25,26,27);1H. The van der Waals surface area contributed by atoms with E-state index in [0.717, 1.165) is 36.0 Å². The monoisotopic (exact) mass is 553 g/mol. The van der Waals surface area contributed by atoms with Crippen molar-refractivity contribution in [1.29, 1.82) is 0 Å². The van der Waals surface area contributed by atoms with Gasteiger partial charge in [0, 0.05) is 52.0 Å². The molecule has 0 amide bonds. The topological polar surface area (TPSA) is 60.7 Å². The van der Waals surface area contributed by atoms with Gasteiger partial charge in [-0.25, -0.2) is 4.68 Å². The van der Waals surface area contributed by atoms with Gasteiger partial charge < -0.3 is 20.4 Å². The molecule has 0 spiro atoms. The van der Waals surface area contributed by atoms with Gasteiger partial charge in [-0.3, -0.25) is 4.99 Å². The van der Waals surface area contributed by atoms with E-state index in [0.29, 0.717) is 6.54 Å². The summed E-state index contributed by atoms with van der Waals surface area (Å²) in [5, 5.41) is 11.6. The van der Waals surface area contributed by atoms with Crippen molar-refractivity contribution >= 4 is 29.9 Å². The van der Waals surface area contributed by atoms with Crippen molar-refractivity contribution in [3.05, 3.63) is 47.3 Å². The van der Waals surface area contributed by atoms with Gasteiger partial charge in [0.15, 0.2) is 5.96 Å². The summed E-state index contributed by atoms with van der Waals surface area (Å²) in [4.78, 5) is 9.51. The van der Waals surface area contributed by atoms with Gasteiger partial charge in [0.2, 0.25) is 0 Å². The maximum Gasteiger partial charge on any atom is 0.191 e. The van der Waals surface area contributed by atoms with Crippen molar-refractivity contribution in [2.75, 3.05) is 52.9 Å². The average molecular weight is 554 g/mol. The molecule has 178 valence electrons. The second-order valence-electron chi connectivity index (χ2n) is 8.30. The number of nitrogens with zero attached hydrogens (tertiary/aromatic N) is 5. The lowest BCUT2D eigenvalue weighted by Gasteiger charge is -2.34. The Morgan fingerprint density at radius 3 is 2.41 bits per heavy atom. The van der Waals surface area contributed by atoms with Gasteiger partial charge >= 0.3 is 0 Å². The smallest absolute Gasteiger partial charge is 0.191 e. The van der Waals surface area contributed by atoms with Gasteiger partial charge in [-0.15, -0.1) is 24.0 Å². The van der Waals surface area contributed by atoms with Crippen LogP contribution in [0.3, 0.4) is 0 Å². The number of likely N-dealkylation sites (N-methyl/N-ethyl adjacent to an activating group) is 1. The number of aliphatic imine (C=N–C) groups is 1.